The monoisotopic (exact) mass is 391 g/mol. The molecule has 0 saturated carbocycles. The van der Waals surface area contributed by atoms with Crippen LogP contribution in [0.5, 0.6) is 0 Å². The molecule has 0 aliphatic heterocycles. The van der Waals surface area contributed by atoms with Crippen LogP contribution in [-0.2, 0) is 9.53 Å². The van der Waals surface area contributed by atoms with Gasteiger partial charge < -0.3 is 10.5 Å². The summed E-state index contributed by atoms with van der Waals surface area (Å²) < 4.78 is 32.4. The summed E-state index contributed by atoms with van der Waals surface area (Å²) in [5.41, 5.74) is 5.60. The van der Waals surface area contributed by atoms with E-state index >= 15 is 0 Å². The maximum atomic E-state index is 13.6. The number of halogens is 4. The molecule has 7 heteroatoms. The molecule has 0 aliphatic carbocycles. The normalized spacial score (nSPS) is 12.5. The van der Waals surface area contributed by atoms with Gasteiger partial charge in [0.05, 0.1) is 6.61 Å². The fraction of sp³-hybridized carbons (Fsp3) is 0.364. The maximum Gasteiger partial charge on any atom is 0.379 e. The molecule has 1 rings (SSSR count). The lowest BCUT2D eigenvalue weighted by atomic mass is 10.0. The van der Waals surface area contributed by atoms with Crippen molar-refractivity contribution in [2.24, 2.45) is 5.73 Å². The number of hydrogen-bond donors (Lipinski definition) is 1. The summed E-state index contributed by atoms with van der Waals surface area (Å²) in [7, 11) is 0. The van der Waals surface area contributed by atoms with Crippen molar-refractivity contribution in [1.29, 1.82) is 0 Å². The van der Waals surface area contributed by atoms with Crippen molar-refractivity contribution in [3.63, 3.8) is 0 Å². The van der Waals surface area contributed by atoms with E-state index in [4.69, 9.17) is 5.73 Å². The molecule has 1 atom stereocenters. The standard InChI is InChI=1S/C11H12F2INO2.ClH/c1-2-17-10(16)11(12,13)9(15)7-3-5-8(14)6-4-7;/h3-6,9H,2,15H2,1H3;1H/t9-;/m0./s1. The zero-order valence-corrected chi connectivity index (χ0v) is 12.5. The highest BCUT2D eigenvalue weighted by atomic mass is 127. The molecule has 0 aromatic heterocycles. The summed E-state index contributed by atoms with van der Waals surface area (Å²) in [4.78, 5) is 11.1. The van der Waals surface area contributed by atoms with Crippen LogP contribution >= 0.6 is 35.0 Å². The van der Waals surface area contributed by atoms with Gasteiger partial charge in [0.25, 0.3) is 0 Å². The van der Waals surface area contributed by atoms with Crippen molar-refractivity contribution >= 4 is 41.0 Å². The summed E-state index contributed by atoms with van der Waals surface area (Å²) in [6, 6.07) is 4.55. The van der Waals surface area contributed by atoms with E-state index in [1.807, 2.05) is 22.6 Å². The second kappa shape index (κ2) is 7.20. The molecule has 102 valence electrons. The maximum absolute atomic E-state index is 13.6. The van der Waals surface area contributed by atoms with Gasteiger partial charge in [0.1, 0.15) is 6.04 Å². The Morgan fingerprint density at radius 1 is 1.44 bits per heavy atom. The molecule has 0 radical (unpaired) electrons. The molecule has 0 amide bonds. The average molecular weight is 392 g/mol. The van der Waals surface area contributed by atoms with E-state index in [-0.39, 0.29) is 24.6 Å². The Morgan fingerprint density at radius 2 is 1.94 bits per heavy atom. The van der Waals surface area contributed by atoms with Crippen molar-refractivity contribution in [3.05, 3.63) is 33.4 Å². The number of carbonyl (C=O) groups excluding carboxylic acids is 1. The molecule has 1 aromatic rings. The molecule has 0 bridgehead atoms. The predicted octanol–water partition coefficient (Wildman–Crippen LogP) is 2.91. The predicted molar refractivity (Wildman–Crippen MR) is 74.9 cm³/mol. The number of alkyl halides is 2. The van der Waals surface area contributed by atoms with Gasteiger partial charge in [-0.25, -0.2) is 4.79 Å². The third kappa shape index (κ3) is 4.03. The number of benzene rings is 1. The van der Waals surface area contributed by atoms with Gasteiger partial charge in [-0.15, -0.1) is 12.4 Å². The average Bonchev–Trinajstić information content (AvgIpc) is 2.29. The highest BCUT2D eigenvalue weighted by molar-refractivity contribution is 14.1. The van der Waals surface area contributed by atoms with Gasteiger partial charge in [-0.1, -0.05) is 12.1 Å². The van der Waals surface area contributed by atoms with E-state index in [1.165, 1.54) is 19.1 Å². The SMILES string of the molecule is CCOC(=O)C(F)(F)[C@@H](N)c1ccc(I)cc1.Cl. The second-order valence-electron chi connectivity index (χ2n) is 3.37. The minimum Gasteiger partial charge on any atom is -0.462 e. The summed E-state index contributed by atoms with van der Waals surface area (Å²) >= 11 is 2.05. The van der Waals surface area contributed by atoms with Crippen molar-refractivity contribution in [3.8, 4) is 0 Å². The first-order valence-corrected chi connectivity index (χ1v) is 6.03. The third-order valence-electron chi connectivity index (χ3n) is 2.17. The quantitative estimate of drug-likeness (QED) is 0.634. The minimum atomic E-state index is -3.72. The number of rotatable bonds is 4. The van der Waals surface area contributed by atoms with E-state index in [0.717, 1.165) is 3.57 Å². The van der Waals surface area contributed by atoms with Crippen LogP contribution < -0.4 is 5.73 Å². The van der Waals surface area contributed by atoms with Crippen LogP contribution in [0.1, 0.15) is 18.5 Å². The largest absolute Gasteiger partial charge is 0.462 e. The molecule has 18 heavy (non-hydrogen) atoms. The zero-order valence-electron chi connectivity index (χ0n) is 9.53. The van der Waals surface area contributed by atoms with Crippen LogP contribution in [0.3, 0.4) is 0 Å². The van der Waals surface area contributed by atoms with Crippen LogP contribution in [-0.4, -0.2) is 18.5 Å². The number of ether oxygens (including phenoxy) is 1. The highest BCUT2D eigenvalue weighted by Crippen LogP contribution is 2.30. The molecule has 0 heterocycles. The van der Waals surface area contributed by atoms with Crippen molar-refractivity contribution in [2.45, 2.75) is 18.9 Å². The molecule has 2 N–H and O–H groups in total. The number of esters is 1. The molecule has 1 aromatic carbocycles. The minimum absolute atomic E-state index is 0. The van der Waals surface area contributed by atoms with E-state index < -0.39 is 17.9 Å². The lowest BCUT2D eigenvalue weighted by Crippen LogP contribution is -2.41. The molecule has 3 nitrogen and oxygen atoms in total. The van der Waals surface area contributed by atoms with E-state index in [0.29, 0.717) is 0 Å². The molecule has 0 saturated heterocycles. The van der Waals surface area contributed by atoms with Crippen molar-refractivity contribution < 1.29 is 18.3 Å². The molecule has 0 aliphatic rings. The first-order valence-electron chi connectivity index (χ1n) is 4.95. The summed E-state index contributed by atoms with van der Waals surface area (Å²) in [5.74, 6) is -5.31. The fourth-order valence-electron chi connectivity index (χ4n) is 1.23. The number of nitrogens with two attached hydrogens (primary N) is 1. The Labute approximate surface area is 124 Å². The third-order valence-corrected chi connectivity index (χ3v) is 2.89. The van der Waals surface area contributed by atoms with Gasteiger partial charge >= 0.3 is 11.9 Å². The van der Waals surface area contributed by atoms with Gasteiger partial charge in [0, 0.05) is 3.57 Å². The molecule has 0 unspecified atom stereocenters. The summed E-state index contributed by atoms with van der Waals surface area (Å²) in [6.45, 7) is 1.36. The molecular weight excluding hydrogens is 378 g/mol. The Morgan fingerprint density at radius 3 is 2.39 bits per heavy atom. The lowest BCUT2D eigenvalue weighted by Gasteiger charge is -2.21. The molecular formula is C11H13ClF2INO2. The first-order chi connectivity index (χ1) is 7.89. The first kappa shape index (κ1) is 17.5. The van der Waals surface area contributed by atoms with Crippen LogP contribution in [0.15, 0.2) is 24.3 Å². The Hall–Kier alpha value is -0.470. The van der Waals surface area contributed by atoms with Gasteiger partial charge in [0.2, 0.25) is 0 Å². The Balaban J connectivity index is 0.00000289. The van der Waals surface area contributed by atoms with Crippen molar-refractivity contribution in [1.82, 2.24) is 0 Å². The van der Waals surface area contributed by atoms with Crippen LogP contribution in [0.4, 0.5) is 8.78 Å². The molecule has 0 fully saturated rings. The topological polar surface area (TPSA) is 52.3 Å². The fourth-order valence-corrected chi connectivity index (χ4v) is 1.59. The van der Waals surface area contributed by atoms with E-state index in [9.17, 15) is 13.6 Å². The van der Waals surface area contributed by atoms with Gasteiger partial charge in [-0.2, -0.15) is 8.78 Å². The van der Waals surface area contributed by atoms with Gasteiger partial charge in [0.15, 0.2) is 0 Å². The summed E-state index contributed by atoms with van der Waals surface area (Å²) in [5, 5.41) is 0. The number of hydrogen-bond acceptors (Lipinski definition) is 3. The number of carbonyl (C=O) groups is 1. The van der Waals surface area contributed by atoms with Crippen LogP contribution in [0.25, 0.3) is 0 Å². The van der Waals surface area contributed by atoms with Crippen LogP contribution in [0.2, 0.25) is 0 Å². The van der Waals surface area contributed by atoms with E-state index in [1.54, 1.807) is 12.1 Å². The molecule has 0 spiro atoms. The Bertz CT molecular complexity index is 401. The van der Waals surface area contributed by atoms with E-state index in [2.05, 4.69) is 4.74 Å². The summed E-state index contributed by atoms with van der Waals surface area (Å²) in [6.07, 6.45) is 0. The second-order valence-corrected chi connectivity index (χ2v) is 4.62. The highest BCUT2D eigenvalue weighted by Gasteiger charge is 2.47. The van der Waals surface area contributed by atoms with Crippen LogP contribution in [0, 0.1) is 3.57 Å². The zero-order chi connectivity index (χ0) is 13.1. The smallest absolute Gasteiger partial charge is 0.379 e. The van der Waals surface area contributed by atoms with Gasteiger partial charge in [-0.05, 0) is 47.2 Å². The van der Waals surface area contributed by atoms with Crippen molar-refractivity contribution in [2.75, 3.05) is 6.61 Å². The van der Waals surface area contributed by atoms with Gasteiger partial charge in [-0.3, -0.25) is 0 Å². The Kier molecular flexibility index (Phi) is 7.01. The lowest BCUT2D eigenvalue weighted by molar-refractivity contribution is -0.174.